The van der Waals surface area contributed by atoms with Crippen LogP contribution in [0.1, 0.15) is 26.2 Å². The van der Waals surface area contributed by atoms with Crippen LogP contribution in [0.4, 0.5) is 5.69 Å². The molecule has 1 aromatic carbocycles. The molecule has 0 saturated heterocycles. The van der Waals surface area contributed by atoms with E-state index in [0.29, 0.717) is 0 Å². The number of anilines is 1. The first-order valence-electron chi connectivity index (χ1n) is 4.87. The largest absolute Gasteiger partial charge is 0.359 e. The average Bonchev–Trinajstić information content (AvgIpc) is 2.02. The van der Waals surface area contributed by atoms with Gasteiger partial charge in [-0.15, -0.1) is 0 Å². The van der Waals surface area contributed by atoms with Gasteiger partial charge in [0.1, 0.15) is 0 Å². The van der Waals surface area contributed by atoms with E-state index in [9.17, 15) is 0 Å². The molecule has 1 fully saturated rings. The highest BCUT2D eigenvalue weighted by Gasteiger charge is 2.11. The van der Waals surface area contributed by atoms with Crippen molar-refractivity contribution in [2.75, 3.05) is 5.32 Å². The van der Waals surface area contributed by atoms with E-state index in [1.54, 1.807) is 5.57 Å². The van der Waals surface area contributed by atoms with Crippen molar-refractivity contribution in [2.24, 2.45) is 0 Å². The fraction of sp³-hybridized carbons (Fsp3) is 0.333. The van der Waals surface area contributed by atoms with E-state index in [1.807, 2.05) is 6.07 Å². The molecule has 0 aromatic heterocycles. The SMILES string of the molecule is CC(Nc1ccccc1)=C1CCC1. The maximum atomic E-state index is 3.42. The van der Waals surface area contributed by atoms with Crippen LogP contribution < -0.4 is 5.32 Å². The molecule has 0 spiro atoms. The smallest absolute Gasteiger partial charge is 0.0381 e. The number of hydrogen-bond acceptors (Lipinski definition) is 1. The summed E-state index contributed by atoms with van der Waals surface area (Å²) in [7, 11) is 0. The van der Waals surface area contributed by atoms with E-state index in [2.05, 4.69) is 36.5 Å². The van der Waals surface area contributed by atoms with Crippen LogP contribution in [-0.2, 0) is 0 Å². The van der Waals surface area contributed by atoms with E-state index >= 15 is 0 Å². The molecule has 0 unspecified atom stereocenters. The Morgan fingerprint density at radius 3 is 2.38 bits per heavy atom. The topological polar surface area (TPSA) is 12.0 Å². The van der Waals surface area contributed by atoms with Gasteiger partial charge in [0.25, 0.3) is 0 Å². The van der Waals surface area contributed by atoms with Crippen LogP contribution in [0.2, 0.25) is 0 Å². The molecule has 1 saturated carbocycles. The summed E-state index contributed by atoms with van der Waals surface area (Å²) >= 11 is 0. The molecule has 0 radical (unpaired) electrons. The Kier molecular flexibility index (Phi) is 2.35. The maximum absolute atomic E-state index is 3.42. The summed E-state index contributed by atoms with van der Waals surface area (Å²) in [5.41, 5.74) is 4.13. The summed E-state index contributed by atoms with van der Waals surface area (Å²) in [6.07, 6.45) is 3.93. The molecule has 1 aliphatic carbocycles. The van der Waals surface area contributed by atoms with Gasteiger partial charge in [-0.25, -0.2) is 0 Å². The third-order valence-corrected chi connectivity index (χ3v) is 2.59. The predicted molar refractivity (Wildman–Crippen MR) is 56.6 cm³/mol. The molecular formula is C12H15N. The molecule has 68 valence electrons. The molecule has 13 heavy (non-hydrogen) atoms. The molecule has 2 rings (SSSR count). The van der Waals surface area contributed by atoms with Gasteiger partial charge in [0.15, 0.2) is 0 Å². The molecule has 1 aromatic rings. The standard InChI is InChI=1S/C12H15N/c1-10(11-6-5-7-11)13-12-8-3-2-4-9-12/h2-4,8-9,13H,5-7H2,1H3. The van der Waals surface area contributed by atoms with Crippen molar-refractivity contribution in [3.05, 3.63) is 41.6 Å². The second-order valence-electron chi connectivity index (χ2n) is 3.57. The minimum Gasteiger partial charge on any atom is -0.359 e. The van der Waals surface area contributed by atoms with Crippen LogP contribution in [0.3, 0.4) is 0 Å². The molecule has 1 N–H and O–H groups in total. The van der Waals surface area contributed by atoms with Gasteiger partial charge in [-0.2, -0.15) is 0 Å². The molecule has 0 amide bonds. The average molecular weight is 173 g/mol. The van der Waals surface area contributed by atoms with Crippen LogP contribution in [0.5, 0.6) is 0 Å². The third-order valence-electron chi connectivity index (χ3n) is 2.59. The van der Waals surface area contributed by atoms with Gasteiger partial charge >= 0.3 is 0 Å². The number of rotatable bonds is 2. The summed E-state index contributed by atoms with van der Waals surface area (Å²) in [6, 6.07) is 10.4. The fourth-order valence-electron chi connectivity index (χ4n) is 1.55. The molecule has 0 bridgehead atoms. The van der Waals surface area contributed by atoms with Crippen molar-refractivity contribution >= 4 is 5.69 Å². The molecule has 1 heteroatoms. The summed E-state index contributed by atoms with van der Waals surface area (Å²) in [4.78, 5) is 0. The first-order valence-corrected chi connectivity index (χ1v) is 4.87. The molecule has 0 atom stereocenters. The number of benzene rings is 1. The zero-order chi connectivity index (χ0) is 9.10. The number of allylic oxidation sites excluding steroid dienone is 2. The highest BCUT2D eigenvalue weighted by atomic mass is 14.9. The van der Waals surface area contributed by atoms with Crippen molar-refractivity contribution in [2.45, 2.75) is 26.2 Å². The molecule has 0 heterocycles. The lowest BCUT2D eigenvalue weighted by atomic mass is 9.91. The summed E-state index contributed by atoms with van der Waals surface area (Å²) < 4.78 is 0. The Hall–Kier alpha value is -1.24. The van der Waals surface area contributed by atoms with E-state index in [-0.39, 0.29) is 0 Å². The zero-order valence-corrected chi connectivity index (χ0v) is 8.01. The van der Waals surface area contributed by atoms with Gasteiger partial charge < -0.3 is 5.32 Å². The highest BCUT2D eigenvalue weighted by molar-refractivity contribution is 5.48. The Labute approximate surface area is 79.5 Å². The Morgan fingerprint density at radius 2 is 1.85 bits per heavy atom. The van der Waals surface area contributed by atoms with E-state index in [0.717, 1.165) is 0 Å². The van der Waals surface area contributed by atoms with Gasteiger partial charge in [-0.05, 0) is 38.3 Å². The molecule has 1 aliphatic rings. The molecular weight excluding hydrogens is 158 g/mol. The van der Waals surface area contributed by atoms with Gasteiger partial charge in [-0.3, -0.25) is 0 Å². The second-order valence-corrected chi connectivity index (χ2v) is 3.57. The van der Waals surface area contributed by atoms with Crippen molar-refractivity contribution in [3.63, 3.8) is 0 Å². The lowest BCUT2D eigenvalue weighted by Gasteiger charge is -2.20. The fourth-order valence-corrected chi connectivity index (χ4v) is 1.55. The van der Waals surface area contributed by atoms with Crippen LogP contribution in [0.25, 0.3) is 0 Å². The zero-order valence-electron chi connectivity index (χ0n) is 8.01. The van der Waals surface area contributed by atoms with E-state index < -0.39 is 0 Å². The van der Waals surface area contributed by atoms with E-state index in [4.69, 9.17) is 0 Å². The third kappa shape index (κ3) is 1.92. The number of nitrogens with one attached hydrogen (secondary N) is 1. The Bertz CT molecular complexity index is 305. The second kappa shape index (κ2) is 3.65. The quantitative estimate of drug-likeness (QED) is 0.721. The Morgan fingerprint density at radius 1 is 1.15 bits per heavy atom. The minimum atomic E-state index is 1.19. The summed E-state index contributed by atoms with van der Waals surface area (Å²) in [5, 5.41) is 3.42. The van der Waals surface area contributed by atoms with Crippen LogP contribution in [-0.4, -0.2) is 0 Å². The van der Waals surface area contributed by atoms with Crippen molar-refractivity contribution in [3.8, 4) is 0 Å². The van der Waals surface area contributed by atoms with Gasteiger partial charge in [0.2, 0.25) is 0 Å². The molecule has 0 aliphatic heterocycles. The number of para-hydroxylation sites is 1. The van der Waals surface area contributed by atoms with Crippen molar-refractivity contribution in [1.82, 2.24) is 0 Å². The summed E-state index contributed by atoms with van der Waals surface area (Å²) in [5.74, 6) is 0. The van der Waals surface area contributed by atoms with Crippen LogP contribution >= 0.6 is 0 Å². The highest BCUT2D eigenvalue weighted by Crippen LogP contribution is 2.28. The minimum absolute atomic E-state index is 1.19. The predicted octanol–water partition coefficient (Wildman–Crippen LogP) is 3.56. The first kappa shape index (κ1) is 8.36. The van der Waals surface area contributed by atoms with Crippen LogP contribution in [0, 0.1) is 0 Å². The maximum Gasteiger partial charge on any atom is 0.0381 e. The summed E-state index contributed by atoms with van der Waals surface area (Å²) in [6.45, 7) is 2.17. The van der Waals surface area contributed by atoms with E-state index in [1.165, 1.54) is 30.6 Å². The van der Waals surface area contributed by atoms with Gasteiger partial charge in [-0.1, -0.05) is 23.8 Å². The number of hydrogen-bond donors (Lipinski definition) is 1. The van der Waals surface area contributed by atoms with Crippen LogP contribution in [0.15, 0.2) is 41.6 Å². The van der Waals surface area contributed by atoms with Crippen molar-refractivity contribution in [1.29, 1.82) is 0 Å². The van der Waals surface area contributed by atoms with Crippen molar-refractivity contribution < 1.29 is 0 Å². The molecule has 1 nitrogen and oxygen atoms in total. The monoisotopic (exact) mass is 173 g/mol. The van der Waals surface area contributed by atoms with Gasteiger partial charge in [0, 0.05) is 11.4 Å². The lowest BCUT2D eigenvalue weighted by molar-refractivity contribution is 0.652. The lowest BCUT2D eigenvalue weighted by Crippen LogP contribution is -2.06. The normalized spacial score (nSPS) is 15.0. The first-order chi connectivity index (χ1) is 6.36. The van der Waals surface area contributed by atoms with Gasteiger partial charge in [0.05, 0.1) is 0 Å². The Balaban J connectivity index is 2.06.